The lowest BCUT2D eigenvalue weighted by Crippen LogP contribution is -2.39. The number of hydrogen-bond acceptors (Lipinski definition) is 5. The second-order valence-electron chi connectivity index (χ2n) is 4.13. The maximum Gasteiger partial charge on any atom is 0.180 e. The summed E-state index contributed by atoms with van der Waals surface area (Å²) >= 11 is 1.51. The summed E-state index contributed by atoms with van der Waals surface area (Å²) in [4.78, 5) is 6.69. The van der Waals surface area contributed by atoms with E-state index in [2.05, 4.69) is 16.8 Å². The SMILES string of the molecule is CCOC1CCCN(Cc2csc(N)n2)C1. The molecule has 90 valence electrons. The van der Waals surface area contributed by atoms with Crippen LogP contribution in [0.1, 0.15) is 25.5 Å². The molecule has 0 aromatic carbocycles. The summed E-state index contributed by atoms with van der Waals surface area (Å²) in [5, 5.41) is 2.70. The van der Waals surface area contributed by atoms with Gasteiger partial charge in [0.25, 0.3) is 0 Å². The predicted octanol–water partition coefficient (Wildman–Crippen LogP) is 1.73. The lowest BCUT2D eigenvalue weighted by Gasteiger charge is -2.31. The van der Waals surface area contributed by atoms with Crippen LogP contribution < -0.4 is 5.73 Å². The zero-order valence-electron chi connectivity index (χ0n) is 9.69. The van der Waals surface area contributed by atoms with Gasteiger partial charge in [0, 0.05) is 25.1 Å². The van der Waals surface area contributed by atoms with Crippen molar-refractivity contribution >= 4 is 16.5 Å². The molecule has 1 aliphatic heterocycles. The standard InChI is InChI=1S/C11H19N3OS/c1-2-15-10-4-3-5-14(7-10)6-9-8-16-11(12)13-9/h8,10H,2-7H2,1H3,(H2,12,13). The van der Waals surface area contributed by atoms with Gasteiger partial charge in [-0.2, -0.15) is 0 Å². The number of rotatable bonds is 4. The molecule has 1 atom stereocenters. The molecule has 4 nitrogen and oxygen atoms in total. The van der Waals surface area contributed by atoms with E-state index >= 15 is 0 Å². The first-order valence-electron chi connectivity index (χ1n) is 5.81. The Morgan fingerprint density at radius 1 is 1.69 bits per heavy atom. The largest absolute Gasteiger partial charge is 0.377 e. The van der Waals surface area contributed by atoms with Crippen LogP contribution >= 0.6 is 11.3 Å². The number of thiazole rings is 1. The van der Waals surface area contributed by atoms with E-state index in [0.29, 0.717) is 11.2 Å². The van der Waals surface area contributed by atoms with E-state index in [1.165, 1.54) is 24.2 Å². The third-order valence-electron chi connectivity index (χ3n) is 2.82. The van der Waals surface area contributed by atoms with Crippen molar-refractivity contribution in [3.05, 3.63) is 11.1 Å². The minimum Gasteiger partial charge on any atom is -0.377 e. The molecular formula is C11H19N3OS. The third kappa shape index (κ3) is 3.17. The van der Waals surface area contributed by atoms with Gasteiger partial charge >= 0.3 is 0 Å². The van der Waals surface area contributed by atoms with Gasteiger partial charge in [0.15, 0.2) is 5.13 Å². The Balaban J connectivity index is 1.85. The van der Waals surface area contributed by atoms with Crippen LogP contribution in [0.4, 0.5) is 5.13 Å². The molecule has 1 fully saturated rings. The zero-order chi connectivity index (χ0) is 11.4. The normalized spacial score (nSPS) is 22.4. The summed E-state index contributed by atoms with van der Waals surface area (Å²) < 4.78 is 5.67. The number of anilines is 1. The molecule has 1 aliphatic rings. The zero-order valence-corrected chi connectivity index (χ0v) is 10.5. The number of nitrogens with zero attached hydrogens (tertiary/aromatic N) is 2. The highest BCUT2D eigenvalue weighted by Gasteiger charge is 2.20. The van der Waals surface area contributed by atoms with E-state index in [0.717, 1.165) is 31.9 Å². The Morgan fingerprint density at radius 2 is 2.56 bits per heavy atom. The van der Waals surface area contributed by atoms with Crippen LogP contribution in [0.25, 0.3) is 0 Å². The van der Waals surface area contributed by atoms with Crippen LogP contribution in [0.2, 0.25) is 0 Å². The summed E-state index contributed by atoms with van der Waals surface area (Å²) in [6.45, 7) is 5.92. The first kappa shape index (κ1) is 11.8. The first-order valence-corrected chi connectivity index (χ1v) is 6.69. The molecule has 2 heterocycles. The molecule has 1 unspecified atom stereocenters. The van der Waals surface area contributed by atoms with Crippen molar-refractivity contribution < 1.29 is 4.74 Å². The average Bonchev–Trinajstić information content (AvgIpc) is 2.65. The molecule has 1 aromatic rings. The molecule has 2 N–H and O–H groups in total. The van der Waals surface area contributed by atoms with Crippen molar-refractivity contribution in [2.45, 2.75) is 32.4 Å². The molecule has 2 rings (SSSR count). The Morgan fingerprint density at radius 3 is 3.25 bits per heavy atom. The molecule has 1 aromatic heterocycles. The number of nitrogen functional groups attached to an aromatic ring is 1. The maximum absolute atomic E-state index is 5.67. The maximum atomic E-state index is 5.67. The lowest BCUT2D eigenvalue weighted by atomic mass is 10.1. The molecule has 16 heavy (non-hydrogen) atoms. The summed E-state index contributed by atoms with van der Waals surface area (Å²) in [5.74, 6) is 0. The van der Waals surface area contributed by atoms with Crippen LogP contribution in [0.15, 0.2) is 5.38 Å². The molecular weight excluding hydrogens is 222 g/mol. The molecule has 0 spiro atoms. The summed E-state index contributed by atoms with van der Waals surface area (Å²) in [6, 6.07) is 0. The summed E-state index contributed by atoms with van der Waals surface area (Å²) in [7, 11) is 0. The molecule has 0 aliphatic carbocycles. The van der Waals surface area contributed by atoms with Crippen molar-refractivity contribution in [1.82, 2.24) is 9.88 Å². The van der Waals surface area contributed by atoms with Gasteiger partial charge in [-0.15, -0.1) is 11.3 Å². The van der Waals surface area contributed by atoms with E-state index in [1.807, 2.05) is 5.38 Å². The summed E-state index contributed by atoms with van der Waals surface area (Å²) in [6.07, 6.45) is 2.79. The molecule has 0 radical (unpaired) electrons. The van der Waals surface area contributed by atoms with Gasteiger partial charge < -0.3 is 10.5 Å². The van der Waals surface area contributed by atoms with Crippen LogP contribution in [-0.2, 0) is 11.3 Å². The topological polar surface area (TPSA) is 51.4 Å². The fourth-order valence-corrected chi connectivity index (χ4v) is 2.71. The highest BCUT2D eigenvalue weighted by molar-refractivity contribution is 7.13. The van der Waals surface area contributed by atoms with Crippen molar-refractivity contribution in [1.29, 1.82) is 0 Å². The lowest BCUT2D eigenvalue weighted by molar-refractivity contribution is 0.00337. The minimum absolute atomic E-state index is 0.398. The number of likely N-dealkylation sites (tertiary alicyclic amines) is 1. The number of ether oxygens (including phenoxy) is 1. The van der Waals surface area contributed by atoms with Crippen LogP contribution in [0.5, 0.6) is 0 Å². The van der Waals surface area contributed by atoms with E-state index in [-0.39, 0.29) is 0 Å². The highest BCUT2D eigenvalue weighted by Crippen LogP contribution is 2.18. The van der Waals surface area contributed by atoms with Gasteiger partial charge in [0.2, 0.25) is 0 Å². The number of hydrogen-bond donors (Lipinski definition) is 1. The highest BCUT2D eigenvalue weighted by atomic mass is 32.1. The Labute approximate surface area is 100 Å². The van der Waals surface area contributed by atoms with Gasteiger partial charge in [-0.25, -0.2) is 4.98 Å². The number of piperidine rings is 1. The van der Waals surface area contributed by atoms with E-state index in [9.17, 15) is 0 Å². The Bertz CT molecular complexity index is 327. The van der Waals surface area contributed by atoms with Crippen LogP contribution in [-0.4, -0.2) is 35.7 Å². The van der Waals surface area contributed by atoms with Crippen molar-refractivity contribution in [3.8, 4) is 0 Å². The van der Waals surface area contributed by atoms with Gasteiger partial charge in [0.1, 0.15) is 0 Å². The minimum atomic E-state index is 0.398. The van der Waals surface area contributed by atoms with Crippen molar-refractivity contribution in [2.75, 3.05) is 25.4 Å². The molecule has 0 saturated carbocycles. The van der Waals surface area contributed by atoms with E-state index in [4.69, 9.17) is 10.5 Å². The smallest absolute Gasteiger partial charge is 0.180 e. The van der Waals surface area contributed by atoms with Gasteiger partial charge in [-0.3, -0.25) is 4.90 Å². The second kappa shape index (κ2) is 5.61. The van der Waals surface area contributed by atoms with Crippen LogP contribution in [0, 0.1) is 0 Å². The summed E-state index contributed by atoms with van der Waals surface area (Å²) in [5.41, 5.74) is 6.71. The molecule has 0 amide bonds. The first-order chi connectivity index (χ1) is 7.78. The molecule has 0 bridgehead atoms. The number of nitrogens with two attached hydrogens (primary N) is 1. The quantitative estimate of drug-likeness (QED) is 0.872. The van der Waals surface area contributed by atoms with Crippen LogP contribution in [0.3, 0.4) is 0 Å². The van der Waals surface area contributed by atoms with E-state index < -0.39 is 0 Å². The third-order valence-corrected chi connectivity index (χ3v) is 3.54. The van der Waals surface area contributed by atoms with E-state index in [1.54, 1.807) is 0 Å². The fraction of sp³-hybridized carbons (Fsp3) is 0.727. The fourth-order valence-electron chi connectivity index (χ4n) is 2.15. The Kier molecular flexibility index (Phi) is 4.15. The monoisotopic (exact) mass is 241 g/mol. The second-order valence-corrected chi connectivity index (χ2v) is 5.02. The average molecular weight is 241 g/mol. The van der Waals surface area contributed by atoms with Crippen molar-refractivity contribution in [3.63, 3.8) is 0 Å². The van der Waals surface area contributed by atoms with Gasteiger partial charge in [0.05, 0.1) is 11.8 Å². The number of aromatic nitrogens is 1. The van der Waals surface area contributed by atoms with Crippen molar-refractivity contribution in [2.24, 2.45) is 0 Å². The Hall–Kier alpha value is -0.650. The molecule has 5 heteroatoms. The molecule has 1 saturated heterocycles. The predicted molar refractivity (Wildman–Crippen MR) is 66.5 cm³/mol. The van der Waals surface area contributed by atoms with Gasteiger partial charge in [-0.05, 0) is 26.3 Å². The van der Waals surface area contributed by atoms with Gasteiger partial charge in [-0.1, -0.05) is 0 Å².